The van der Waals surface area contributed by atoms with Crippen molar-refractivity contribution in [3.63, 3.8) is 0 Å². The molecule has 2 aliphatic carbocycles. The summed E-state index contributed by atoms with van der Waals surface area (Å²) in [5, 5.41) is 17.4. The minimum atomic E-state index is -0.228. The SMILES string of the molecule is CC1(C)c2cc(C=Cc3ccc4c5ccc(C=Cc6ccc7c(c6)C(C)(C)c6cc(N(c8cccc9ccccc89)c8cccc9ccccc89)ccc6-7)cc5c5ccccc5c4c3)ccc2-c2ccc(N(c3cccc4ccccc34)c3cccc4ccccc34)cc21. The zero-order valence-electron chi connectivity index (χ0n) is 53.1. The van der Waals surface area contributed by atoms with Crippen molar-refractivity contribution in [2.75, 3.05) is 9.80 Å². The number of hydrogen-bond acceptors (Lipinski definition) is 2. The van der Waals surface area contributed by atoms with Crippen LogP contribution in [0, 0.1) is 0 Å². The molecule has 444 valence electrons. The number of benzene rings is 16. The number of fused-ring (bicyclic) bond motifs is 16. The van der Waals surface area contributed by atoms with E-state index in [1.54, 1.807) is 0 Å². The largest absolute Gasteiger partial charge is 0.309 e. The second-order valence-corrected chi connectivity index (χ2v) is 26.8. The van der Waals surface area contributed by atoms with Gasteiger partial charge in [0.2, 0.25) is 0 Å². The lowest BCUT2D eigenvalue weighted by Gasteiger charge is -2.30. The van der Waals surface area contributed by atoms with Gasteiger partial charge in [0, 0.05) is 43.7 Å². The van der Waals surface area contributed by atoms with Gasteiger partial charge in [0.25, 0.3) is 0 Å². The lowest BCUT2D eigenvalue weighted by molar-refractivity contribution is 0.660. The Morgan fingerprint density at radius 3 is 0.809 bits per heavy atom. The summed E-state index contributed by atoms with van der Waals surface area (Å²) in [6, 6.07) is 113. The summed E-state index contributed by atoms with van der Waals surface area (Å²) < 4.78 is 0. The topological polar surface area (TPSA) is 6.48 Å². The van der Waals surface area contributed by atoms with Gasteiger partial charge < -0.3 is 9.80 Å². The molecule has 0 unspecified atom stereocenters. The molecule has 2 heteroatoms. The third kappa shape index (κ3) is 8.85. The standard InChI is InChI=1S/C92H66N2/c1-91(2)83-55-61(43-49-77(83)79-51-45-67(57-85(79)91)93(87-33-15-23-63-19-5-9-27-69(63)87)88-34-16-24-64-20-6-10-28-70(64)88)39-37-59-41-47-75-76-48-42-60(54-82(76)74-32-14-13-31-73(74)81(75)53-59)38-40-62-44-50-78-80-52-46-68(58-86(80)92(3,4)84(78)56-62)94(89-35-17-25-65-21-7-11-29-71(65)89)90-36-18-26-66-22-8-12-30-72(66)90/h5-58H,1-4H3. The zero-order chi connectivity index (χ0) is 62.8. The van der Waals surface area contributed by atoms with Gasteiger partial charge in [-0.3, -0.25) is 0 Å². The van der Waals surface area contributed by atoms with Crippen LogP contribution in [0.2, 0.25) is 0 Å². The van der Waals surface area contributed by atoms with Crippen molar-refractivity contribution in [1.82, 2.24) is 0 Å². The van der Waals surface area contributed by atoms with Gasteiger partial charge in [-0.15, -0.1) is 0 Å². The third-order valence-corrected chi connectivity index (χ3v) is 20.7. The highest BCUT2D eigenvalue weighted by molar-refractivity contribution is 6.26. The van der Waals surface area contributed by atoms with E-state index < -0.39 is 0 Å². The second-order valence-electron chi connectivity index (χ2n) is 26.8. The zero-order valence-corrected chi connectivity index (χ0v) is 53.1. The van der Waals surface area contributed by atoms with Gasteiger partial charge in [-0.1, -0.05) is 295 Å². The van der Waals surface area contributed by atoms with E-state index >= 15 is 0 Å². The van der Waals surface area contributed by atoms with E-state index in [0.29, 0.717) is 0 Å². The number of anilines is 6. The Morgan fingerprint density at radius 2 is 0.468 bits per heavy atom. The molecule has 16 aromatic rings. The fourth-order valence-corrected chi connectivity index (χ4v) is 16.0. The van der Waals surface area contributed by atoms with Crippen molar-refractivity contribution in [1.29, 1.82) is 0 Å². The molecule has 0 aliphatic heterocycles. The van der Waals surface area contributed by atoms with E-state index in [-0.39, 0.29) is 10.8 Å². The van der Waals surface area contributed by atoms with E-state index in [0.717, 1.165) is 11.4 Å². The van der Waals surface area contributed by atoms with Gasteiger partial charge in [-0.05, 0) is 181 Å². The highest BCUT2D eigenvalue weighted by atomic mass is 15.2. The second kappa shape index (κ2) is 21.5. The van der Waals surface area contributed by atoms with Crippen LogP contribution >= 0.6 is 0 Å². The molecule has 18 rings (SSSR count). The summed E-state index contributed by atoms with van der Waals surface area (Å²) in [6.07, 6.45) is 9.17. The average Bonchev–Trinajstić information content (AvgIpc) is 1.47. The maximum absolute atomic E-state index is 2.47. The van der Waals surface area contributed by atoms with Crippen molar-refractivity contribution in [3.8, 4) is 22.3 Å². The molecular formula is C92H66N2. The molecule has 0 radical (unpaired) electrons. The smallest absolute Gasteiger partial charge is 0.0540 e. The normalized spacial score (nSPS) is 13.6. The summed E-state index contributed by atoms with van der Waals surface area (Å²) in [6.45, 7) is 9.57. The molecule has 0 bridgehead atoms. The maximum Gasteiger partial charge on any atom is 0.0540 e. The third-order valence-electron chi connectivity index (χ3n) is 20.7. The molecular weight excluding hydrogens is 1130 g/mol. The molecule has 0 saturated carbocycles. The minimum Gasteiger partial charge on any atom is -0.309 e. The van der Waals surface area contributed by atoms with Crippen LogP contribution in [0.3, 0.4) is 0 Å². The van der Waals surface area contributed by atoms with Crippen molar-refractivity contribution >= 4 is 134 Å². The molecule has 0 aromatic heterocycles. The highest BCUT2D eigenvalue weighted by Crippen LogP contribution is 2.54. The average molecular weight is 1200 g/mol. The van der Waals surface area contributed by atoms with Crippen LogP contribution in [0.15, 0.2) is 303 Å². The van der Waals surface area contributed by atoms with Gasteiger partial charge in [0.1, 0.15) is 0 Å². The van der Waals surface area contributed by atoms with Crippen LogP contribution in [0.5, 0.6) is 0 Å². The molecule has 0 N–H and O–H groups in total. The van der Waals surface area contributed by atoms with Crippen LogP contribution in [-0.4, -0.2) is 0 Å². The molecule has 16 aromatic carbocycles. The Hall–Kier alpha value is -11.6. The van der Waals surface area contributed by atoms with Crippen LogP contribution < -0.4 is 9.80 Å². The van der Waals surface area contributed by atoms with Crippen molar-refractivity contribution in [3.05, 3.63) is 348 Å². The number of nitrogens with zero attached hydrogens (tertiary/aromatic N) is 2. The first kappa shape index (κ1) is 55.3. The minimum absolute atomic E-state index is 0.228. The lowest BCUT2D eigenvalue weighted by Crippen LogP contribution is -2.17. The quantitative estimate of drug-likeness (QED) is 0.0995. The molecule has 0 fully saturated rings. The van der Waals surface area contributed by atoms with E-state index in [2.05, 4.69) is 365 Å². The van der Waals surface area contributed by atoms with E-state index in [1.807, 2.05) is 0 Å². The predicted octanol–water partition coefficient (Wildman–Crippen LogP) is 25.7. The number of hydrogen-bond donors (Lipinski definition) is 0. The summed E-state index contributed by atoms with van der Waals surface area (Å²) >= 11 is 0. The first-order chi connectivity index (χ1) is 46.1. The van der Waals surface area contributed by atoms with Gasteiger partial charge in [0.05, 0.1) is 22.7 Å². The Kier molecular flexibility index (Phi) is 12.7. The molecule has 0 amide bonds. The fraction of sp³-hybridized carbons (Fsp3) is 0.0652. The molecule has 0 heterocycles. The molecule has 0 spiro atoms. The van der Waals surface area contributed by atoms with Crippen molar-refractivity contribution in [2.45, 2.75) is 38.5 Å². The first-order valence-corrected chi connectivity index (χ1v) is 33.0. The summed E-state index contributed by atoms with van der Waals surface area (Å²) in [7, 11) is 0. The fourth-order valence-electron chi connectivity index (χ4n) is 16.0. The molecule has 2 nitrogen and oxygen atoms in total. The highest BCUT2D eigenvalue weighted by Gasteiger charge is 2.38. The predicted molar refractivity (Wildman–Crippen MR) is 404 cm³/mol. The summed E-state index contributed by atoms with van der Waals surface area (Å²) in [5.41, 5.74) is 21.8. The Bertz CT molecular complexity index is 5330. The van der Waals surface area contributed by atoms with Crippen LogP contribution in [0.25, 0.3) is 122 Å². The van der Waals surface area contributed by atoms with E-state index in [1.165, 1.54) is 165 Å². The van der Waals surface area contributed by atoms with E-state index in [4.69, 9.17) is 0 Å². The van der Waals surface area contributed by atoms with Gasteiger partial charge in [0.15, 0.2) is 0 Å². The Morgan fingerprint density at radius 1 is 0.213 bits per heavy atom. The van der Waals surface area contributed by atoms with Gasteiger partial charge in [-0.2, -0.15) is 0 Å². The molecule has 0 saturated heterocycles. The van der Waals surface area contributed by atoms with Crippen LogP contribution in [0.1, 0.15) is 72.2 Å². The lowest BCUT2D eigenvalue weighted by atomic mass is 9.81. The maximum atomic E-state index is 2.47. The Labute approximate surface area is 548 Å². The summed E-state index contributed by atoms with van der Waals surface area (Å²) in [5.74, 6) is 0. The van der Waals surface area contributed by atoms with Crippen LogP contribution in [-0.2, 0) is 10.8 Å². The molecule has 94 heavy (non-hydrogen) atoms. The van der Waals surface area contributed by atoms with Crippen molar-refractivity contribution in [2.24, 2.45) is 0 Å². The summed E-state index contributed by atoms with van der Waals surface area (Å²) in [4.78, 5) is 4.95. The Balaban J connectivity index is 0.632. The van der Waals surface area contributed by atoms with Crippen molar-refractivity contribution < 1.29 is 0 Å². The van der Waals surface area contributed by atoms with E-state index in [9.17, 15) is 0 Å². The first-order valence-electron chi connectivity index (χ1n) is 33.0. The molecule has 2 aliphatic rings. The monoisotopic (exact) mass is 1200 g/mol. The van der Waals surface area contributed by atoms with Gasteiger partial charge >= 0.3 is 0 Å². The van der Waals surface area contributed by atoms with Crippen LogP contribution in [0.4, 0.5) is 34.1 Å². The molecule has 0 atom stereocenters. The number of rotatable bonds is 10. The van der Waals surface area contributed by atoms with Gasteiger partial charge in [-0.25, -0.2) is 0 Å².